The maximum Gasteiger partial charge on any atom is 0.240 e. The van der Waals surface area contributed by atoms with Gasteiger partial charge in [0.1, 0.15) is 0 Å². The molecule has 5 heteroatoms. The van der Waals surface area contributed by atoms with Crippen LogP contribution in [0.4, 0.5) is 0 Å². The third-order valence-corrected chi connectivity index (χ3v) is 3.99. The zero-order valence-corrected chi connectivity index (χ0v) is 12.9. The van der Waals surface area contributed by atoms with E-state index in [4.69, 9.17) is 4.74 Å². The van der Waals surface area contributed by atoms with E-state index in [-0.39, 0.29) is 11.9 Å². The van der Waals surface area contributed by atoms with Crippen LogP contribution in [0.25, 0.3) is 0 Å². The summed E-state index contributed by atoms with van der Waals surface area (Å²) in [4.78, 5) is 19.0. The number of aromatic nitrogens is 1. The first-order chi connectivity index (χ1) is 10.2. The minimum absolute atomic E-state index is 0.0840. The van der Waals surface area contributed by atoms with Crippen molar-refractivity contribution in [2.75, 3.05) is 26.8 Å². The van der Waals surface area contributed by atoms with Gasteiger partial charge in [0.2, 0.25) is 5.91 Å². The second kappa shape index (κ2) is 8.10. The monoisotopic (exact) mass is 291 g/mol. The zero-order chi connectivity index (χ0) is 15.1. The molecule has 1 amide bonds. The SMILES string of the molecule is COCCN(Cc1ccccn1)C(=O)C1NCCCC1C. The Morgan fingerprint density at radius 2 is 2.38 bits per heavy atom. The number of nitrogens with zero attached hydrogens (tertiary/aromatic N) is 2. The highest BCUT2D eigenvalue weighted by molar-refractivity contribution is 5.82. The van der Waals surface area contributed by atoms with E-state index in [0.29, 0.717) is 25.6 Å². The van der Waals surface area contributed by atoms with Gasteiger partial charge in [-0.25, -0.2) is 0 Å². The Morgan fingerprint density at radius 1 is 1.52 bits per heavy atom. The number of nitrogens with one attached hydrogen (secondary N) is 1. The van der Waals surface area contributed by atoms with Crippen molar-refractivity contribution in [2.45, 2.75) is 32.4 Å². The van der Waals surface area contributed by atoms with Crippen molar-refractivity contribution in [1.29, 1.82) is 0 Å². The second-order valence-corrected chi connectivity index (χ2v) is 5.62. The Hall–Kier alpha value is -1.46. The van der Waals surface area contributed by atoms with Crippen LogP contribution in [-0.4, -0.2) is 48.6 Å². The molecule has 116 valence electrons. The maximum atomic E-state index is 12.8. The van der Waals surface area contributed by atoms with Gasteiger partial charge in [-0.15, -0.1) is 0 Å². The van der Waals surface area contributed by atoms with Crippen LogP contribution in [0.1, 0.15) is 25.5 Å². The summed E-state index contributed by atoms with van der Waals surface area (Å²) in [7, 11) is 1.66. The molecule has 0 spiro atoms. The van der Waals surface area contributed by atoms with Crippen molar-refractivity contribution in [3.05, 3.63) is 30.1 Å². The van der Waals surface area contributed by atoms with Gasteiger partial charge in [0.05, 0.1) is 24.9 Å². The molecule has 2 heterocycles. The molecular weight excluding hydrogens is 266 g/mol. The smallest absolute Gasteiger partial charge is 0.240 e. The number of piperidine rings is 1. The standard InChI is InChI=1S/C16H25N3O2/c1-13-6-5-9-18-15(13)16(20)19(10-11-21-2)12-14-7-3-4-8-17-14/h3-4,7-8,13,15,18H,5-6,9-12H2,1-2H3. The summed E-state index contributed by atoms with van der Waals surface area (Å²) in [6.07, 6.45) is 4.00. The van der Waals surface area contributed by atoms with Crippen LogP contribution in [0.15, 0.2) is 24.4 Å². The van der Waals surface area contributed by atoms with Crippen LogP contribution >= 0.6 is 0 Å². The summed E-state index contributed by atoms with van der Waals surface area (Å²) >= 11 is 0. The Kier molecular flexibility index (Phi) is 6.14. The van der Waals surface area contributed by atoms with Crippen molar-refractivity contribution in [3.63, 3.8) is 0 Å². The van der Waals surface area contributed by atoms with Gasteiger partial charge >= 0.3 is 0 Å². The van der Waals surface area contributed by atoms with Crippen LogP contribution in [0.5, 0.6) is 0 Å². The molecular formula is C16H25N3O2. The molecule has 2 atom stereocenters. The first kappa shape index (κ1) is 15.9. The minimum Gasteiger partial charge on any atom is -0.383 e. The first-order valence-corrected chi connectivity index (χ1v) is 7.63. The van der Waals surface area contributed by atoms with Gasteiger partial charge in [-0.3, -0.25) is 9.78 Å². The number of hydrogen-bond donors (Lipinski definition) is 1. The minimum atomic E-state index is -0.0840. The Morgan fingerprint density at radius 3 is 3.05 bits per heavy atom. The van der Waals surface area contributed by atoms with Crippen LogP contribution in [-0.2, 0) is 16.1 Å². The third-order valence-electron chi connectivity index (χ3n) is 3.99. The molecule has 1 aromatic rings. The van der Waals surface area contributed by atoms with Crippen LogP contribution in [0.2, 0.25) is 0 Å². The van der Waals surface area contributed by atoms with Crippen molar-refractivity contribution in [3.8, 4) is 0 Å². The summed E-state index contributed by atoms with van der Waals surface area (Å²) in [6, 6.07) is 5.70. The molecule has 1 fully saturated rings. The Balaban J connectivity index is 2.05. The number of rotatable bonds is 6. The van der Waals surface area contributed by atoms with E-state index in [9.17, 15) is 4.79 Å². The number of pyridine rings is 1. The molecule has 0 radical (unpaired) electrons. The molecule has 5 nitrogen and oxygen atoms in total. The number of ether oxygens (including phenoxy) is 1. The largest absolute Gasteiger partial charge is 0.383 e. The van der Waals surface area contributed by atoms with Crippen LogP contribution < -0.4 is 5.32 Å². The summed E-state index contributed by atoms with van der Waals surface area (Å²) in [5.74, 6) is 0.532. The number of amides is 1. The summed E-state index contributed by atoms with van der Waals surface area (Å²) in [5, 5.41) is 3.36. The topological polar surface area (TPSA) is 54.5 Å². The van der Waals surface area contributed by atoms with E-state index in [2.05, 4.69) is 17.2 Å². The van der Waals surface area contributed by atoms with Gasteiger partial charge in [-0.05, 0) is 37.4 Å². The summed E-state index contributed by atoms with van der Waals surface area (Å²) < 4.78 is 5.14. The Labute approximate surface area is 126 Å². The lowest BCUT2D eigenvalue weighted by Gasteiger charge is -2.33. The van der Waals surface area contributed by atoms with E-state index in [0.717, 1.165) is 25.1 Å². The quantitative estimate of drug-likeness (QED) is 0.862. The normalized spacial score (nSPS) is 22.0. The number of methoxy groups -OCH3 is 1. The molecule has 2 unspecified atom stereocenters. The lowest BCUT2D eigenvalue weighted by Crippen LogP contribution is -2.52. The molecule has 1 aromatic heterocycles. The molecule has 0 saturated carbocycles. The fourth-order valence-electron chi connectivity index (χ4n) is 2.73. The van der Waals surface area contributed by atoms with E-state index >= 15 is 0 Å². The van der Waals surface area contributed by atoms with Gasteiger partial charge in [0, 0.05) is 19.9 Å². The van der Waals surface area contributed by atoms with E-state index < -0.39 is 0 Å². The molecule has 1 aliphatic heterocycles. The number of carbonyl (C=O) groups excluding carboxylic acids is 1. The first-order valence-electron chi connectivity index (χ1n) is 7.63. The lowest BCUT2D eigenvalue weighted by atomic mass is 9.91. The predicted octanol–water partition coefficient (Wildman–Crippen LogP) is 1.44. The van der Waals surface area contributed by atoms with Crippen molar-refractivity contribution >= 4 is 5.91 Å². The zero-order valence-electron chi connectivity index (χ0n) is 12.9. The van der Waals surface area contributed by atoms with Gasteiger partial charge in [0.25, 0.3) is 0 Å². The molecule has 0 bridgehead atoms. The fraction of sp³-hybridized carbons (Fsp3) is 0.625. The summed E-state index contributed by atoms with van der Waals surface area (Å²) in [6.45, 7) is 4.73. The Bertz CT molecular complexity index is 438. The van der Waals surface area contributed by atoms with E-state index in [1.54, 1.807) is 13.3 Å². The molecule has 1 saturated heterocycles. The fourth-order valence-corrected chi connectivity index (χ4v) is 2.73. The number of carbonyl (C=O) groups is 1. The van der Waals surface area contributed by atoms with Gasteiger partial charge in [0.15, 0.2) is 0 Å². The summed E-state index contributed by atoms with van der Waals surface area (Å²) in [5.41, 5.74) is 0.908. The molecule has 0 aliphatic carbocycles. The van der Waals surface area contributed by atoms with Gasteiger partial charge in [-0.2, -0.15) is 0 Å². The molecule has 1 N–H and O–H groups in total. The molecule has 0 aromatic carbocycles. The van der Waals surface area contributed by atoms with Crippen molar-refractivity contribution in [2.24, 2.45) is 5.92 Å². The van der Waals surface area contributed by atoms with E-state index in [1.807, 2.05) is 23.1 Å². The second-order valence-electron chi connectivity index (χ2n) is 5.62. The van der Waals surface area contributed by atoms with Gasteiger partial charge in [-0.1, -0.05) is 13.0 Å². The highest BCUT2D eigenvalue weighted by Gasteiger charge is 2.30. The molecule has 21 heavy (non-hydrogen) atoms. The third kappa shape index (κ3) is 4.51. The predicted molar refractivity (Wildman–Crippen MR) is 81.7 cm³/mol. The van der Waals surface area contributed by atoms with Crippen LogP contribution in [0.3, 0.4) is 0 Å². The maximum absolute atomic E-state index is 12.8. The molecule has 1 aliphatic rings. The highest BCUT2D eigenvalue weighted by atomic mass is 16.5. The van der Waals surface area contributed by atoms with Crippen molar-refractivity contribution in [1.82, 2.24) is 15.2 Å². The van der Waals surface area contributed by atoms with Crippen LogP contribution in [0, 0.1) is 5.92 Å². The number of hydrogen-bond acceptors (Lipinski definition) is 4. The van der Waals surface area contributed by atoms with Gasteiger partial charge < -0.3 is 15.0 Å². The molecule has 2 rings (SSSR count). The lowest BCUT2D eigenvalue weighted by molar-refractivity contribution is -0.136. The average molecular weight is 291 g/mol. The average Bonchev–Trinajstić information content (AvgIpc) is 2.52. The van der Waals surface area contributed by atoms with E-state index in [1.165, 1.54) is 0 Å². The highest BCUT2D eigenvalue weighted by Crippen LogP contribution is 2.18. The van der Waals surface area contributed by atoms with Crippen molar-refractivity contribution < 1.29 is 9.53 Å².